The zero-order valence-corrected chi connectivity index (χ0v) is 15.5. The number of amides is 1. The molecule has 9 heteroatoms. The number of aromatic carboxylic acids is 1. The number of nitrogens with one attached hydrogen (secondary N) is 2. The first-order valence-corrected chi connectivity index (χ1v) is 8.95. The SMILES string of the molecule is CC(=O)Nc1ccccc1C(=O)c1sc(Nc2ccc(C(=O)O)cc2)nc1N. The molecular weight excluding hydrogens is 380 g/mol. The number of carboxylic acids is 1. The fourth-order valence-corrected chi connectivity index (χ4v) is 3.33. The molecule has 0 aliphatic heterocycles. The van der Waals surface area contributed by atoms with Crippen molar-refractivity contribution in [3.8, 4) is 0 Å². The third-order valence-electron chi connectivity index (χ3n) is 3.73. The number of carboxylic acid groups (broad SMARTS) is 1. The van der Waals surface area contributed by atoms with Gasteiger partial charge in [-0.05, 0) is 36.4 Å². The summed E-state index contributed by atoms with van der Waals surface area (Å²) in [6.45, 7) is 1.36. The molecule has 1 amide bonds. The van der Waals surface area contributed by atoms with Crippen LogP contribution >= 0.6 is 11.3 Å². The Bertz CT molecular complexity index is 1060. The van der Waals surface area contributed by atoms with Crippen LogP contribution in [0.3, 0.4) is 0 Å². The largest absolute Gasteiger partial charge is 0.478 e. The highest BCUT2D eigenvalue weighted by molar-refractivity contribution is 7.18. The van der Waals surface area contributed by atoms with Crippen LogP contribution in [-0.2, 0) is 4.79 Å². The second-order valence-corrected chi connectivity index (χ2v) is 6.80. The van der Waals surface area contributed by atoms with Gasteiger partial charge in [-0.15, -0.1) is 0 Å². The first-order chi connectivity index (χ1) is 13.3. The van der Waals surface area contributed by atoms with Gasteiger partial charge in [0.15, 0.2) is 5.13 Å². The standard InChI is InChI=1S/C19H16N4O4S/c1-10(24)21-14-5-3-2-4-13(14)15(25)16-17(20)23-19(28-16)22-12-8-6-11(7-9-12)18(26)27/h2-9H,20H2,1H3,(H,21,24)(H,22,23)(H,26,27). The number of hydrogen-bond donors (Lipinski definition) is 4. The Kier molecular flexibility index (Phi) is 5.37. The third kappa shape index (κ3) is 4.15. The van der Waals surface area contributed by atoms with Gasteiger partial charge in [0.05, 0.1) is 11.3 Å². The van der Waals surface area contributed by atoms with Crippen molar-refractivity contribution < 1.29 is 19.5 Å². The van der Waals surface area contributed by atoms with Gasteiger partial charge >= 0.3 is 5.97 Å². The average molecular weight is 396 g/mol. The zero-order chi connectivity index (χ0) is 20.3. The summed E-state index contributed by atoms with van der Waals surface area (Å²) in [5, 5.41) is 15.0. The van der Waals surface area contributed by atoms with Gasteiger partial charge in [-0.25, -0.2) is 9.78 Å². The molecule has 0 fully saturated rings. The predicted octanol–water partition coefficient (Wildman–Crippen LogP) is 3.36. The van der Waals surface area contributed by atoms with Gasteiger partial charge in [-0.3, -0.25) is 9.59 Å². The summed E-state index contributed by atoms with van der Waals surface area (Å²) in [7, 11) is 0. The highest BCUT2D eigenvalue weighted by Crippen LogP contribution is 2.31. The number of hydrogen-bond acceptors (Lipinski definition) is 7. The topological polar surface area (TPSA) is 134 Å². The van der Waals surface area contributed by atoms with Gasteiger partial charge in [0.2, 0.25) is 11.7 Å². The minimum absolute atomic E-state index is 0.0669. The molecule has 5 N–H and O–H groups in total. The summed E-state index contributed by atoms with van der Waals surface area (Å²) >= 11 is 1.07. The molecule has 28 heavy (non-hydrogen) atoms. The van der Waals surface area contributed by atoms with Crippen LogP contribution in [0.2, 0.25) is 0 Å². The molecule has 3 rings (SSSR count). The number of ketones is 1. The number of nitrogens with two attached hydrogens (primary N) is 1. The second-order valence-electron chi connectivity index (χ2n) is 5.80. The lowest BCUT2D eigenvalue weighted by molar-refractivity contribution is -0.114. The number of benzene rings is 2. The van der Waals surface area contributed by atoms with Gasteiger partial charge in [-0.1, -0.05) is 23.5 Å². The van der Waals surface area contributed by atoms with E-state index in [1.807, 2.05) is 0 Å². The number of carbonyl (C=O) groups excluding carboxylic acids is 2. The van der Waals surface area contributed by atoms with Gasteiger partial charge in [0, 0.05) is 18.2 Å². The molecule has 1 heterocycles. The maximum atomic E-state index is 12.9. The molecule has 8 nitrogen and oxygen atoms in total. The first-order valence-electron chi connectivity index (χ1n) is 8.13. The average Bonchev–Trinajstić information content (AvgIpc) is 3.01. The van der Waals surface area contributed by atoms with E-state index < -0.39 is 5.97 Å². The monoisotopic (exact) mass is 396 g/mol. The Labute approximate surface area is 164 Å². The van der Waals surface area contributed by atoms with E-state index in [1.165, 1.54) is 19.1 Å². The van der Waals surface area contributed by atoms with Crippen molar-refractivity contribution in [1.29, 1.82) is 0 Å². The van der Waals surface area contributed by atoms with Crippen LogP contribution in [0.1, 0.15) is 32.5 Å². The first kappa shape index (κ1) is 19.1. The Morgan fingerprint density at radius 1 is 1.07 bits per heavy atom. The van der Waals surface area contributed by atoms with E-state index in [0.717, 1.165) is 11.3 Å². The van der Waals surface area contributed by atoms with Crippen LogP contribution in [0.15, 0.2) is 48.5 Å². The predicted molar refractivity (Wildman–Crippen MR) is 107 cm³/mol. The van der Waals surface area contributed by atoms with Crippen LogP contribution in [0, 0.1) is 0 Å². The highest BCUT2D eigenvalue weighted by atomic mass is 32.1. The molecule has 0 aliphatic rings. The van der Waals surface area contributed by atoms with Crippen molar-refractivity contribution in [2.45, 2.75) is 6.92 Å². The minimum atomic E-state index is -1.02. The second kappa shape index (κ2) is 7.89. The fraction of sp³-hybridized carbons (Fsp3) is 0.0526. The molecule has 0 unspecified atom stereocenters. The van der Waals surface area contributed by atoms with Crippen LogP contribution in [-0.4, -0.2) is 27.8 Å². The maximum absolute atomic E-state index is 12.9. The fourth-order valence-electron chi connectivity index (χ4n) is 2.47. The van der Waals surface area contributed by atoms with Crippen molar-refractivity contribution in [2.24, 2.45) is 0 Å². The molecule has 142 valence electrons. The quantitative estimate of drug-likeness (QED) is 0.469. The molecule has 0 saturated heterocycles. The van der Waals surface area contributed by atoms with Crippen molar-refractivity contribution in [3.05, 3.63) is 64.5 Å². The minimum Gasteiger partial charge on any atom is -0.478 e. The number of anilines is 4. The molecule has 0 saturated carbocycles. The third-order valence-corrected chi connectivity index (χ3v) is 4.71. The van der Waals surface area contributed by atoms with Crippen LogP contribution < -0.4 is 16.4 Å². The van der Waals surface area contributed by atoms with Crippen molar-refractivity contribution in [1.82, 2.24) is 4.98 Å². The molecule has 3 aromatic rings. The van der Waals surface area contributed by atoms with E-state index in [0.29, 0.717) is 22.1 Å². The van der Waals surface area contributed by atoms with Gasteiger partial charge in [-0.2, -0.15) is 0 Å². The summed E-state index contributed by atoms with van der Waals surface area (Å²) in [6, 6.07) is 12.7. The van der Waals surface area contributed by atoms with Gasteiger partial charge in [0.25, 0.3) is 0 Å². The molecular formula is C19H16N4O4S. The Morgan fingerprint density at radius 2 is 1.75 bits per heavy atom. The lowest BCUT2D eigenvalue weighted by Gasteiger charge is -2.07. The summed E-state index contributed by atoms with van der Waals surface area (Å²) in [4.78, 5) is 39.6. The van der Waals surface area contributed by atoms with E-state index in [2.05, 4.69) is 15.6 Å². The molecule has 2 aromatic carbocycles. The maximum Gasteiger partial charge on any atom is 0.335 e. The van der Waals surface area contributed by atoms with E-state index in [4.69, 9.17) is 10.8 Å². The Balaban J connectivity index is 1.85. The number of aromatic nitrogens is 1. The van der Waals surface area contributed by atoms with Crippen molar-refractivity contribution in [2.75, 3.05) is 16.4 Å². The normalized spacial score (nSPS) is 10.3. The van der Waals surface area contributed by atoms with Crippen molar-refractivity contribution >= 4 is 51.3 Å². The van der Waals surface area contributed by atoms with Crippen LogP contribution in [0.25, 0.3) is 0 Å². The van der Waals surface area contributed by atoms with E-state index in [-0.39, 0.29) is 27.9 Å². The number of rotatable bonds is 6. The summed E-state index contributed by atoms with van der Waals surface area (Å²) in [5.74, 6) is -1.59. The molecule has 0 atom stereocenters. The van der Waals surface area contributed by atoms with Gasteiger partial charge in [0.1, 0.15) is 10.7 Å². The zero-order valence-electron chi connectivity index (χ0n) is 14.7. The van der Waals surface area contributed by atoms with Gasteiger partial charge < -0.3 is 21.5 Å². The van der Waals surface area contributed by atoms with Crippen LogP contribution in [0.5, 0.6) is 0 Å². The molecule has 0 aliphatic carbocycles. The summed E-state index contributed by atoms with van der Waals surface area (Å²) in [6.07, 6.45) is 0. The van der Waals surface area contributed by atoms with E-state index >= 15 is 0 Å². The van der Waals surface area contributed by atoms with E-state index in [9.17, 15) is 14.4 Å². The summed E-state index contributed by atoms with van der Waals surface area (Å²) in [5.41, 5.74) is 7.40. The number of thiazole rings is 1. The molecule has 0 bridgehead atoms. The molecule has 0 radical (unpaired) electrons. The smallest absolute Gasteiger partial charge is 0.335 e. The highest BCUT2D eigenvalue weighted by Gasteiger charge is 2.21. The lowest BCUT2D eigenvalue weighted by Crippen LogP contribution is -2.11. The molecule has 1 aromatic heterocycles. The number of nitrogens with zero attached hydrogens (tertiary/aromatic N) is 1. The molecule has 0 spiro atoms. The number of nitrogen functional groups attached to an aromatic ring is 1. The Hall–Kier alpha value is -3.72. The van der Waals surface area contributed by atoms with E-state index in [1.54, 1.807) is 36.4 Å². The number of para-hydroxylation sites is 1. The van der Waals surface area contributed by atoms with Crippen LogP contribution in [0.4, 0.5) is 22.3 Å². The Morgan fingerprint density at radius 3 is 2.39 bits per heavy atom. The summed E-state index contributed by atoms with van der Waals surface area (Å²) < 4.78 is 0. The number of carbonyl (C=O) groups is 3. The van der Waals surface area contributed by atoms with Crippen molar-refractivity contribution in [3.63, 3.8) is 0 Å². The lowest BCUT2D eigenvalue weighted by atomic mass is 10.1.